The molecule has 14 heavy (non-hydrogen) atoms. The Bertz CT molecular complexity index is 490. The van der Waals surface area contributed by atoms with Crippen LogP contribution >= 0.6 is 23.1 Å². The summed E-state index contributed by atoms with van der Waals surface area (Å²) in [6, 6.07) is 4.91. The number of carbonyl (C=O) groups is 1. The van der Waals surface area contributed by atoms with E-state index in [0.29, 0.717) is 10.3 Å². The van der Waals surface area contributed by atoms with Gasteiger partial charge in [-0.15, -0.1) is 23.1 Å². The molecular weight excluding hydrogens is 219 g/mol. The maximum absolute atomic E-state index is 13.5. The van der Waals surface area contributed by atoms with E-state index in [9.17, 15) is 9.18 Å². The average Bonchev–Trinajstić information content (AvgIpc) is 2.56. The van der Waals surface area contributed by atoms with Gasteiger partial charge in [-0.05, 0) is 18.4 Å². The van der Waals surface area contributed by atoms with Crippen LogP contribution in [0.2, 0.25) is 0 Å². The van der Waals surface area contributed by atoms with Crippen LogP contribution < -0.4 is 0 Å². The summed E-state index contributed by atoms with van der Waals surface area (Å²) in [7, 11) is 0. The highest BCUT2D eigenvalue weighted by Gasteiger charge is 2.13. The molecule has 72 valence electrons. The maximum atomic E-state index is 13.5. The summed E-state index contributed by atoms with van der Waals surface area (Å²) in [4.78, 5) is 12.1. The molecule has 0 fully saturated rings. The average molecular weight is 226 g/mol. The Morgan fingerprint density at radius 2 is 2.29 bits per heavy atom. The van der Waals surface area contributed by atoms with Crippen molar-refractivity contribution in [2.24, 2.45) is 0 Å². The van der Waals surface area contributed by atoms with Crippen molar-refractivity contribution in [1.82, 2.24) is 0 Å². The van der Waals surface area contributed by atoms with Gasteiger partial charge in [0.05, 0.1) is 4.88 Å². The molecule has 0 atom stereocenters. The normalized spacial score (nSPS) is 10.7. The fourth-order valence-corrected chi connectivity index (χ4v) is 3.41. The molecule has 0 bridgehead atoms. The van der Waals surface area contributed by atoms with Gasteiger partial charge in [0.2, 0.25) is 0 Å². The van der Waals surface area contributed by atoms with E-state index in [2.05, 4.69) is 0 Å². The monoisotopic (exact) mass is 226 g/mol. The molecule has 0 amide bonds. The lowest BCUT2D eigenvalue weighted by atomic mass is 10.2. The highest BCUT2D eigenvalue weighted by atomic mass is 32.2. The fraction of sp³-hybridized carbons (Fsp3) is 0.100. The summed E-state index contributed by atoms with van der Waals surface area (Å²) in [5, 5.41) is 0.576. The second-order valence-electron chi connectivity index (χ2n) is 2.73. The Kier molecular flexibility index (Phi) is 2.56. The molecule has 0 spiro atoms. The SMILES string of the molecule is CSc1c(C=O)sc2cccc(F)c12. The minimum Gasteiger partial charge on any atom is -0.297 e. The number of thiophene rings is 1. The lowest BCUT2D eigenvalue weighted by Gasteiger charge is -1.95. The molecule has 0 aliphatic rings. The third-order valence-electron chi connectivity index (χ3n) is 1.96. The number of thioether (sulfide) groups is 1. The Morgan fingerprint density at radius 1 is 1.50 bits per heavy atom. The summed E-state index contributed by atoms with van der Waals surface area (Å²) in [5.74, 6) is -0.254. The predicted molar refractivity (Wildman–Crippen MR) is 59.0 cm³/mol. The molecule has 1 nitrogen and oxygen atoms in total. The second kappa shape index (κ2) is 3.71. The summed E-state index contributed by atoms with van der Waals surface area (Å²) in [5.41, 5.74) is 0. The van der Waals surface area contributed by atoms with Crippen LogP contribution in [0, 0.1) is 5.82 Å². The number of halogens is 1. The highest BCUT2D eigenvalue weighted by Crippen LogP contribution is 2.37. The molecule has 1 aromatic carbocycles. The van der Waals surface area contributed by atoms with Crippen LogP contribution in [0.1, 0.15) is 9.67 Å². The molecule has 1 aromatic heterocycles. The zero-order chi connectivity index (χ0) is 10.1. The van der Waals surface area contributed by atoms with Crippen LogP contribution in [0.25, 0.3) is 10.1 Å². The molecule has 0 radical (unpaired) electrons. The summed E-state index contributed by atoms with van der Waals surface area (Å²) in [6.07, 6.45) is 2.64. The van der Waals surface area contributed by atoms with Crippen molar-refractivity contribution in [3.63, 3.8) is 0 Å². The summed E-state index contributed by atoms with van der Waals surface area (Å²) >= 11 is 2.74. The minimum absolute atomic E-state index is 0.254. The topological polar surface area (TPSA) is 17.1 Å². The minimum atomic E-state index is -0.254. The number of hydrogen-bond donors (Lipinski definition) is 0. The Balaban J connectivity index is 2.88. The Morgan fingerprint density at radius 3 is 2.93 bits per heavy atom. The summed E-state index contributed by atoms with van der Waals surface area (Å²) < 4.78 is 14.3. The predicted octanol–water partition coefficient (Wildman–Crippen LogP) is 3.57. The fourth-order valence-electron chi connectivity index (χ4n) is 1.38. The zero-order valence-corrected chi connectivity index (χ0v) is 9.05. The zero-order valence-electron chi connectivity index (χ0n) is 7.41. The maximum Gasteiger partial charge on any atom is 0.161 e. The number of fused-ring (bicyclic) bond motifs is 1. The van der Waals surface area contributed by atoms with Crippen LogP contribution in [0.15, 0.2) is 23.1 Å². The first-order valence-corrected chi connectivity index (χ1v) is 6.02. The molecule has 4 heteroatoms. The van der Waals surface area contributed by atoms with Crippen molar-refractivity contribution in [3.8, 4) is 0 Å². The van der Waals surface area contributed by atoms with E-state index >= 15 is 0 Å². The highest BCUT2D eigenvalue weighted by molar-refractivity contribution is 7.99. The van der Waals surface area contributed by atoms with E-state index in [1.807, 2.05) is 12.3 Å². The van der Waals surface area contributed by atoms with E-state index < -0.39 is 0 Å². The van der Waals surface area contributed by atoms with Gasteiger partial charge in [-0.1, -0.05) is 6.07 Å². The van der Waals surface area contributed by atoms with Gasteiger partial charge in [-0.2, -0.15) is 0 Å². The number of carbonyl (C=O) groups excluding carboxylic acids is 1. The van der Waals surface area contributed by atoms with E-state index in [4.69, 9.17) is 0 Å². The van der Waals surface area contributed by atoms with Crippen molar-refractivity contribution in [3.05, 3.63) is 28.9 Å². The van der Waals surface area contributed by atoms with Gasteiger partial charge in [-0.25, -0.2) is 4.39 Å². The van der Waals surface area contributed by atoms with Crippen molar-refractivity contribution < 1.29 is 9.18 Å². The molecule has 0 N–H and O–H groups in total. The van der Waals surface area contributed by atoms with Crippen LogP contribution in [0.3, 0.4) is 0 Å². The van der Waals surface area contributed by atoms with Crippen LogP contribution in [-0.4, -0.2) is 12.5 Å². The molecule has 0 aliphatic heterocycles. The third kappa shape index (κ3) is 1.35. The van der Waals surface area contributed by atoms with Gasteiger partial charge in [0.25, 0.3) is 0 Å². The molecule has 0 saturated heterocycles. The van der Waals surface area contributed by atoms with E-state index in [-0.39, 0.29) is 5.82 Å². The lowest BCUT2D eigenvalue weighted by Crippen LogP contribution is -1.78. The number of rotatable bonds is 2. The largest absolute Gasteiger partial charge is 0.297 e. The van der Waals surface area contributed by atoms with Gasteiger partial charge in [0.15, 0.2) is 6.29 Å². The van der Waals surface area contributed by atoms with Crippen LogP contribution in [0.4, 0.5) is 4.39 Å². The number of hydrogen-bond acceptors (Lipinski definition) is 3. The third-order valence-corrected chi connectivity index (χ3v) is 4.00. The first kappa shape index (κ1) is 9.68. The van der Waals surface area contributed by atoms with Gasteiger partial charge < -0.3 is 0 Å². The van der Waals surface area contributed by atoms with Crippen molar-refractivity contribution in [1.29, 1.82) is 0 Å². The molecular formula is C10H7FOS2. The first-order chi connectivity index (χ1) is 6.77. The molecule has 0 saturated carbocycles. The molecule has 0 unspecified atom stereocenters. The Hall–Kier alpha value is -0.870. The number of benzene rings is 1. The van der Waals surface area contributed by atoms with Gasteiger partial charge in [-0.3, -0.25) is 4.79 Å². The van der Waals surface area contributed by atoms with Crippen molar-refractivity contribution >= 4 is 39.5 Å². The Labute approximate surface area is 88.9 Å². The molecule has 2 aromatic rings. The van der Waals surface area contributed by atoms with Crippen molar-refractivity contribution in [2.75, 3.05) is 6.26 Å². The second-order valence-corrected chi connectivity index (χ2v) is 4.63. The first-order valence-electron chi connectivity index (χ1n) is 3.98. The van der Waals surface area contributed by atoms with Gasteiger partial charge >= 0.3 is 0 Å². The summed E-state index contributed by atoms with van der Waals surface area (Å²) in [6.45, 7) is 0. The molecule has 2 rings (SSSR count). The molecule has 0 aliphatic carbocycles. The van der Waals surface area contributed by atoms with Crippen LogP contribution in [-0.2, 0) is 0 Å². The molecule has 1 heterocycles. The number of aldehydes is 1. The van der Waals surface area contributed by atoms with E-state index in [1.54, 1.807) is 6.07 Å². The van der Waals surface area contributed by atoms with E-state index in [1.165, 1.54) is 29.2 Å². The smallest absolute Gasteiger partial charge is 0.161 e. The van der Waals surface area contributed by atoms with Gasteiger partial charge in [0, 0.05) is 15.0 Å². The van der Waals surface area contributed by atoms with Gasteiger partial charge in [0.1, 0.15) is 5.82 Å². The van der Waals surface area contributed by atoms with Crippen molar-refractivity contribution in [2.45, 2.75) is 4.90 Å². The lowest BCUT2D eigenvalue weighted by molar-refractivity contribution is 0.112. The standard InChI is InChI=1S/C10H7FOS2/c1-13-10-8(5-12)14-7-4-2-3-6(11)9(7)10/h2-5H,1H3. The van der Waals surface area contributed by atoms with E-state index in [0.717, 1.165) is 15.9 Å². The quantitative estimate of drug-likeness (QED) is 0.575. The van der Waals surface area contributed by atoms with Crippen LogP contribution in [0.5, 0.6) is 0 Å².